The van der Waals surface area contributed by atoms with E-state index in [1.165, 1.54) is 0 Å². The van der Waals surface area contributed by atoms with E-state index >= 15 is 0 Å². The Bertz CT molecular complexity index is 536. The molecule has 1 aliphatic carbocycles. The molecule has 0 radical (unpaired) electrons. The Kier molecular flexibility index (Phi) is 5.37. The summed E-state index contributed by atoms with van der Waals surface area (Å²) in [6, 6.07) is 3.78. The molecular formula is C17H23BrClNO. The van der Waals surface area contributed by atoms with E-state index in [9.17, 15) is 4.79 Å². The highest BCUT2D eigenvalue weighted by atomic mass is 79.9. The standard InChI is InChI=1S/C17H23BrClNO/c1-11(2)10-17(6-4-5-7-17)16(21)20-15-9-14(19)12(3)8-13(15)18/h8-9,11H,4-7,10H2,1-3H3,(H,20,21). The number of amides is 1. The molecule has 1 amide bonds. The Morgan fingerprint density at radius 1 is 1.38 bits per heavy atom. The fraction of sp³-hybridized carbons (Fsp3) is 0.588. The van der Waals surface area contributed by atoms with Crippen molar-refractivity contribution in [1.29, 1.82) is 0 Å². The summed E-state index contributed by atoms with van der Waals surface area (Å²) in [6.45, 7) is 6.33. The van der Waals surface area contributed by atoms with Gasteiger partial charge in [-0.25, -0.2) is 0 Å². The molecule has 0 atom stereocenters. The predicted octanol–water partition coefficient (Wildman–Crippen LogP) is 5.96. The van der Waals surface area contributed by atoms with E-state index in [0.29, 0.717) is 10.9 Å². The van der Waals surface area contributed by atoms with Crippen molar-refractivity contribution in [3.8, 4) is 0 Å². The number of nitrogens with one attached hydrogen (secondary N) is 1. The van der Waals surface area contributed by atoms with Crippen LogP contribution in [0.1, 0.15) is 51.5 Å². The second-order valence-corrected chi connectivity index (χ2v) is 7.88. The van der Waals surface area contributed by atoms with E-state index in [4.69, 9.17) is 11.6 Å². The molecule has 4 heteroatoms. The monoisotopic (exact) mass is 371 g/mol. The summed E-state index contributed by atoms with van der Waals surface area (Å²) in [6.07, 6.45) is 5.24. The van der Waals surface area contributed by atoms with Crippen LogP contribution < -0.4 is 5.32 Å². The molecule has 1 fully saturated rings. The lowest BCUT2D eigenvalue weighted by Gasteiger charge is -2.29. The molecular weight excluding hydrogens is 350 g/mol. The van der Waals surface area contributed by atoms with Crippen molar-refractivity contribution in [2.24, 2.45) is 11.3 Å². The summed E-state index contributed by atoms with van der Waals surface area (Å²) < 4.78 is 0.885. The van der Waals surface area contributed by atoms with Crippen LogP contribution in [0.4, 0.5) is 5.69 Å². The van der Waals surface area contributed by atoms with Crippen molar-refractivity contribution in [1.82, 2.24) is 0 Å². The van der Waals surface area contributed by atoms with Gasteiger partial charge in [0.05, 0.1) is 5.69 Å². The van der Waals surface area contributed by atoms with E-state index < -0.39 is 0 Å². The first-order chi connectivity index (χ1) is 9.84. The van der Waals surface area contributed by atoms with Crippen molar-refractivity contribution in [2.75, 3.05) is 5.32 Å². The molecule has 116 valence electrons. The van der Waals surface area contributed by atoms with Crippen molar-refractivity contribution in [2.45, 2.75) is 52.9 Å². The fourth-order valence-corrected chi connectivity index (χ4v) is 4.07. The van der Waals surface area contributed by atoms with E-state index in [0.717, 1.165) is 47.8 Å². The minimum Gasteiger partial charge on any atom is -0.325 e. The number of hydrogen-bond acceptors (Lipinski definition) is 1. The summed E-state index contributed by atoms with van der Waals surface area (Å²) in [4.78, 5) is 12.8. The highest BCUT2D eigenvalue weighted by Gasteiger charge is 2.41. The third-order valence-corrected chi connectivity index (χ3v) is 5.40. The van der Waals surface area contributed by atoms with Gasteiger partial charge in [0.15, 0.2) is 0 Å². The zero-order valence-corrected chi connectivity index (χ0v) is 15.3. The van der Waals surface area contributed by atoms with Gasteiger partial charge in [0.25, 0.3) is 0 Å². The van der Waals surface area contributed by atoms with Crippen molar-refractivity contribution in [3.05, 3.63) is 27.2 Å². The molecule has 0 aromatic heterocycles. The van der Waals surface area contributed by atoms with Gasteiger partial charge < -0.3 is 5.32 Å². The van der Waals surface area contributed by atoms with Gasteiger partial charge in [-0.15, -0.1) is 0 Å². The first-order valence-corrected chi connectivity index (χ1v) is 8.78. The lowest BCUT2D eigenvalue weighted by Crippen LogP contribution is -2.35. The lowest BCUT2D eigenvalue weighted by atomic mass is 9.77. The van der Waals surface area contributed by atoms with Crippen LogP contribution >= 0.6 is 27.5 Å². The first-order valence-electron chi connectivity index (χ1n) is 7.61. The van der Waals surface area contributed by atoms with Crippen LogP contribution in [0.5, 0.6) is 0 Å². The van der Waals surface area contributed by atoms with Crippen LogP contribution in [0, 0.1) is 18.3 Å². The lowest BCUT2D eigenvalue weighted by molar-refractivity contribution is -0.126. The van der Waals surface area contributed by atoms with Gasteiger partial charge in [0.2, 0.25) is 5.91 Å². The molecule has 0 heterocycles. The molecule has 1 aliphatic rings. The van der Waals surface area contributed by atoms with Crippen LogP contribution in [0.15, 0.2) is 16.6 Å². The fourth-order valence-electron chi connectivity index (χ4n) is 3.35. The molecule has 21 heavy (non-hydrogen) atoms. The minimum absolute atomic E-state index is 0.148. The SMILES string of the molecule is Cc1cc(Br)c(NC(=O)C2(CC(C)C)CCCC2)cc1Cl. The van der Waals surface area contributed by atoms with Crippen molar-refractivity contribution < 1.29 is 4.79 Å². The zero-order chi connectivity index (χ0) is 15.6. The second-order valence-electron chi connectivity index (χ2n) is 6.62. The van der Waals surface area contributed by atoms with E-state index in [-0.39, 0.29) is 11.3 Å². The van der Waals surface area contributed by atoms with Crippen LogP contribution in [0.3, 0.4) is 0 Å². The van der Waals surface area contributed by atoms with Gasteiger partial charge in [-0.1, -0.05) is 38.3 Å². The van der Waals surface area contributed by atoms with E-state index in [1.54, 1.807) is 0 Å². The Morgan fingerprint density at radius 2 is 2.00 bits per heavy atom. The zero-order valence-electron chi connectivity index (χ0n) is 12.9. The van der Waals surface area contributed by atoms with Gasteiger partial charge in [-0.05, 0) is 65.7 Å². The largest absolute Gasteiger partial charge is 0.325 e. The van der Waals surface area contributed by atoms with Gasteiger partial charge in [-0.2, -0.15) is 0 Å². The maximum atomic E-state index is 12.8. The maximum Gasteiger partial charge on any atom is 0.230 e. The molecule has 1 aromatic carbocycles. The number of hydrogen-bond donors (Lipinski definition) is 1. The first kappa shape index (κ1) is 16.8. The number of carbonyl (C=O) groups is 1. The topological polar surface area (TPSA) is 29.1 Å². The molecule has 2 rings (SSSR count). The van der Waals surface area contributed by atoms with Crippen molar-refractivity contribution >= 4 is 39.1 Å². The maximum absolute atomic E-state index is 12.8. The number of aryl methyl sites for hydroxylation is 1. The smallest absolute Gasteiger partial charge is 0.230 e. The molecule has 0 aliphatic heterocycles. The van der Waals surface area contributed by atoms with Gasteiger partial charge >= 0.3 is 0 Å². The quantitative estimate of drug-likeness (QED) is 0.694. The number of rotatable bonds is 4. The Morgan fingerprint density at radius 3 is 2.57 bits per heavy atom. The molecule has 0 saturated heterocycles. The third kappa shape index (κ3) is 3.81. The Labute approximate surface area is 140 Å². The summed E-state index contributed by atoms with van der Waals surface area (Å²) in [5.41, 5.74) is 1.57. The molecule has 0 bridgehead atoms. The summed E-state index contributed by atoms with van der Waals surface area (Å²) in [5.74, 6) is 0.674. The highest BCUT2D eigenvalue weighted by molar-refractivity contribution is 9.10. The number of halogens is 2. The molecule has 0 spiro atoms. The molecule has 1 N–H and O–H groups in total. The average molecular weight is 373 g/mol. The summed E-state index contributed by atoms with van der Waals surface area (Å²) >= 11 is 9.69. The minimum atomic E-state index is -0.203. The molecule has 2 nitrogen and oxygen atoms in total. The highest BCUT2D eigenvalue weighted by Crippen LogP contribution is 2.44. The van der Waals surface area contributed by atoms with Gasteiger partial charge in [0, 0.05) is 14.9 Å². The van der Waals surface area contributed by atoms with Crippen LogP contribution in [0.25, 0.3) is 0 Å². The molecule has 0 unspecified atom stereocenters. The van der Waals surface area contributed by atoms with Crippen molar-refractivity contribution in [3.63, 3.8) is 0 Å². The third-order valence-electron chi connectivity index (χ3n) is 4.34. The molecule has 1 aromatic rings. The second kappa shape index (κ2) is 6.70. The Hall–Kier alpha value is -0.540. The summed E-state index contributed by atoms with van der Waals surface area (Å²) in [7, 11) is 0. The Balaban J connectivity index is 2.21. The van der Waals surface area contributed by atoms with Crippen LogP contribution in [0.2, 0.25) is 5.02 Å². The number of carbonyl (C=O) groups excluding carboxylic acids is 1. The molecule has 1 saturated carbocycles. The number of anilines is 1. The summed E-state index contributed by atoms with van der Waals surface area (Å²) in [5, 5.41) is 3.77. The van der Waals surface area contributed by atoms with Gasteiger partial charge in [0.1, 0.15) is 0 Å². The van der Waals surface area contributed by atoms with E-state index in [1.807, 2.05) is 19.1 Å². The normalized spacial score (nSPS) is 17.2. The van der Waals surface area contributed by atoms with E-state index in [2.05, 4.69) is 35.1 Å². The number of benzene rings is 1. The average Bonchev–Trinajstić information content (AvgIpc) is 2.84. The van der Waals surface area contributed by atoms with Gasteiger partial charge in [-0.3, -0.25) is 4.79 Å². The predicted molar refractivity (Wildman–Crippen MR) is 92.9 cm³/mol. The van der Waals surface area contributed by atoms with Crippen LogP contribution in [-0.4, -0.2) is 5.91 Å². The van der Waals surface area contributed by atoms with Crippen LogP contribution in [-0.2, 0) is 4.79 Å².